The van der Waals surface area contributed by atoms with Crippen molar-refractivity contribution in [2.45, 2.75) is 19.8 Å². The molecule has 0 atom stereocenters. The Kier molecular flexibility index (Phi) is 3.27. The van der Waals surface area contributed by atoms with Crippen molar-refractivity contribution in [3.8, 4) is 9.88 Å². The molecule has 2 aromatic heterocycles. The predicted molar refractivity (Wildman–Crippen MR) is 64.6 cm³/mol. The van der Waals surface area contributed by atoms with Gasteiger partial charge in [0.15, 0.2) is 5.01 Å². The average molecular weight is 240 g/mol. The maximum Gasteiger partial charge on any atom is 0.205 e. The van der Waals surface area contributed by atoms with Gasteiger partial charge in [-0.15, -0.1) is 21.5 Å². The zero-order valence-corrected chi connectivity index (χ0v) is 10.3. The molecular formula is C9H12N4S2. The summed E-state index contributed by atoms with van der Waals surface area (Å²) in [5.74, 6) is 0. The Balaban J connectivity index is 2.31. The monoisotopic (exact) mass is 240 g/mol. The summed E-state index contributed by atoms with van der Waals surface area (Å²) in [4.78, 5) is 5.52. The van der Waals surface area contributed by atoms with E-state index in [9.17, 15) is 0 Å². The number of thiazole rings is 1. The standard InChI is InChI=1S/C9H12N4S2/c1-3-4-6-7(14-5-11-6)8-12-13-9(10-2)15-8/h5H,3-4H2,1-2H3,(H,10,13). The highest BCUT2D eigenvalue weighted by Gasteiger charge is 2.12. The normalized spacial score (nSPS) is 10.5. The Morgan fingerprint density at radius 2 is 2.27 bits per heavy atom. The Morgan fingerprint density at radius 3 is 2.93 bits per heavy atom. The lowest BCUT2D eigenvalue weighted by Gasteiger charge is -1.94. The molecule has 4 nitrogen and oxygen atoms in total. The van der Waals surface area contributed by atoms with Gasteiger partial charge < -0.3 is 5.32 Å². The maximum absolute atomic E-state index is 4.35. The summed E-state index contributed by atoms with van der Waals surface area (Å²) in [7, 11) is 1.85. The fourth-order valence-electron chi connectivity index (χ4n) is 1.27. The molecule has 2 heterocycles. The van der Waals surface area contributed by atoms with Gasteiger partial charge in [0, 0.05) is 7.05 Å². The van der Waals surface area contributed by atoms with E-state index >= 15 is 0 Å². The van der Waals surface area contributed by atoms with Crippen LogP contribution in [0, 0.1) is 0 Å². The molecule has 0 spiro atoms. The molecule has 15 heavy (non-hydrogen) atoms. The van der Waals surface area contributed by atoms with Crippen LogP contribution in [0.5, 0.6) is 0 Å². The molecule has 2 rings (SSSR count). The van der Waals surface area contributed by atoms with E-state index < -0.39 is 0 Å². The number of nitrogens with zero attached hydrogens (tertiary/aromatic N) is 3. The van der Waals surface area contributed by atoms with Crippen molar-refractivity contribution in [3.05, 3.63) is 11.2 Å². The second kappa shape index (κ2) is 4.67. The molecule has 0 radical (unpaired) electrons. The molecule has 1 N–H and O–H groups in total. The topological polar surface area (TPSA) is 50.7 Å². The minimum Gasteiger partial charge on any atom is -0.363 e. The van der Waals surface area contributed by atoms with Gasteiger partial charge in [-0.05, 0) is 6.42 Å². The van der Waals surface area contributed by atoms with Crippen LogP contribution in [-0.4, -0.2) is 22.2 Å². The van der Waals surface area contributed by atoms with E-state index in [1.807, 2.05) is 12.6 Å². The highest BCUT2D eigenvalue weighted by atomic mass is 32.1. The fourth-order valence-corrected chi connectivity index (χ4v) is 2.92. The van der Waals surface area contributed by atoms with Gasteiger partial charge >= 0.3 is 0 Å². The van der Waals surface area contributed by atoms with Crippen LogP contribution in [0.15, 0.2) is 5.51 Å². The molecule has 0 bridgehead atoms. The lowest BCUT2D eigenvalue weighted by molar-refractivity contribution is 0.893. The summed E-state index contributed by atoms with van der Waals surface area (Å²) in [5.41, 5.74) is 3.02. The van der Waals surface area contributed by atoms with E-state index in [-0.39, 0.29) is 0 Å². The Labute approximate surface area is 96.4 Å². The maximum atomic E-state index is 4.35. The van der Waals surface area contributed by atoms with Gasteiger partial charge in [0.1, 0.15) is 0 Å². The van der Waals surface area contributed by atoms with E-state index in [2.05, 4.69) is 27.4 Å². The number of hydrogen-bond donors (Lipinski definition) is 1. The van der Waals surface area contributed by atoms with Crippen molar-refractivity contribution in [2.75, 3.05) is 12.4 Å². The molecule has 6 heteroatoms. The third-order valence-electron chi connectivity index (χ3n) is 1.96. The van der Waals surface area contributed by atoms with Crippen molar-refractivity contribution >= 4 is 27.8 Å². The van der Waals surface area contributed by atoms with Crippen LogP contribution in [0.2, 0.25) is 0 Å². The summed E-state index contributed by atoms with van der Waals surface area (Å²) < 4.78 is 0. The van der Waals surface area contributed by atoms with Gasteiger partial charge in [0.25, 0.3) is 0 Å². The number of anilines is 1. The van der Waals surface area contributed by atoms with E-state index in [0.717, 1.165) is 33.6 Å². The molecule has 0 aliphatic heterocycles. The predicted octanol–water partition coefficient (Wildman–Crippen LogP) is 2.66. The zero-order valence-electron chi connectivity index (χ0n) is 8.65. The molecular weight excluding hydrogens is 228 g/mol. The smallest absolute Gasteiger partial charge is 0.205 e. The van der Waals surface area contributed by atoms with Crippen LogP contribution in [0.4, 0.5) is 5.13 Å². The van der Waals surface area contributed by atoms with Crippen molar-refractivity contribution in [1.82, 2.24) is 15.2 Å². The van der Waals surface area contributed by atoms with Gasteiger partial charge in [-0.25, -0.2) is 4.98 Å². The average Bonchev–Trinajstić information content (AvgIpc) is 2.85. The van der Waals surface area contributed by atoms with Crippen molar-refractivity contribution in [2.24, 2.45) is 0 Å². The second-order valence-corrected chi connectivity index (χ2v) is 4.87. The van der Waals surface area contributed by atoms with Crippen LogP contribution in [0.1, 0.15) is 19.0 Å². The van der Waals surface area contributed by atoms with E-state index in [1.54, 1.807) is 22.7 Å². The first-order valence-electron chi connectivity index (χ1n) is 4.79. The first-order chi connectivity index (χ1) is 7.35. The molecule has 2 aromatic rings. The first kappa shape index (κ1) is 10.5. The Bertz CT molecular complexity index is 435. The molecule has 0 saturated heterocycles. The lowest BCUT2D eigenvalue weighted by Crippen LogP contribution is -1.86. The van der Waals surface area contributed by atoms with E-state index in [0.29, 0.717) is 0 Å². The Morgan fingerprint density at radius 1 is 1.40 bits per heavy atom. The van der Waals surface area contributed by atoms with Crippen molar-refractivity contribution in [3.63, 3.8) is 0 Å². The largest absolute Gasteiger partial charge is 0.363 e. The minimum atomic E-state index is 0.848. The fraction of sp³-hybridized carbons (Fsp3) is 0.444. The molecule has 0 fully saturated rings. The third-order valence-corrected chi connectivity index (χ3v) is 3.92. The summed E-state index contributed by atoms with van der Waals surface area (Å²) in [5, 5.41) is 13.0. The zero-order chi connectivity index (χ0) is 10.7. The summed E-state index contributed by atoms with van der Waals surface area (Å²) in [6.07, 6.45) is 2.11. The van der Waals surface area contributed by atoms with Crippen LogP contribution >= 0.6 is 22.7 Å². The van der Waals surface area contributed by atoms with Crippen LogP contribution in [0.3, 0.4) is 0 Å². The quantitative estimate of drug-likeness (QED) is 0.892. The molecule has 0 aliphatic carbocycles. The Hall–Kier alpha value is -1.01. The highest BCUT2D eigenvalue weighted by molar-refractivity contribution is 7.22. The molecule has 0 amide bonds. The first-order valence-corrected chi connectivity index (χ1v) is 6.48. The molecule has 80 valence electrons. The van der Waals surface area contributed by atoms with Gasteiger partial charge in [-0.1, -0.05) is 24.7 Å². The molecule has 0 saturated carbocycles. The van der Waals surface area contributed by atoms with Gasteiger partial charge in [-0.3, -0.25) is 0 Å². The number of hydrogen-bond acceptors (Lipinski definition) is 6. The van der Waals surface area contributed by atoms with E-state index in [1.165, 1.54) is 0 Å². The van der Waals surface area contributed by atoms with Crippen molar-refractivity contribution < 1.29 is 0 Å². The summed E-state index contributed by atoms with van der Waals surface area (Å²) in [6.45, 7) is 2.16. The number of aryl methyl sites for hydroxylation is 1. The molecule has 0 aromatic carbocycles. The second-order valence-electron chi connectivity index (χ2n) is 3.04. The van der Waals surface area contributed by atoms with Gasteiger partial charge in [0.2, 0.25) is 5.13 Å². The van der Waals surface area contributed by atoms with Crippen molar-refractivity contribution in [1.29, 1.82) is 0 Å². The number of aromatic nitrogens is 3. The van der Waals surface area contributed by atoms with Crippen LogP contribution in [-0.2, 0) is 6.42 Å². The summed E-state index contributed by atoms with van der Waals surface area (Å²) >= 11 is 3.20. The van der Waals surface area contributed by atoms with E-state index in [4.69, 9.17) is 0 Å². The summed E-state index contributed by atoms with van der Waals surface area (Å²) in [6, 6.07) is 0. The minimum absolute atomic E-state index is 0.848. The highest BCUT2D eigenvalue weighted by Crippen LogP contribution is 2.32. The number of rotatable bonds is 4. The van der Waals surface area contributed by atoms with Crippen LogP contribution in [0.25, 0.3) is 9.88 Å². The molecule has 0 aliphatic rings. The van der Waals surface area contributed by atoms with Gasteiger partial charge in [0.05, 0.1) is 16.1 Å². The SMILES string of the molecule is CCCc1ncsc1-c1nnc(NC)s1. The van der Waals surface area contributed by atoms with Crippen LogP contribution < -0.4 is 5.32 Å². The lowest BCUT2D eigenvalue weighted by atomic mass is 10.2. The third kappa shape index (κ3) is 2.15. The molecule has 0 unspecified atom stereocenters. The number of nitrogens with one attached hydrogen (secondary N) is 1. The van der Waals surface area contributed by atoms with Gasteiger partial charge in [-0.2, -0.15) is 0 Å².